The topological polar surface area (TPSA) is 69.1 Å². The number of hydrogen-bond donors (Lipinski definition) is 1. The van der Waals surface area contributed by atoms with Crippen LogP contribution >= 0.6 is 11.8 Å². The molecule has 0 amide bonds. The van der Waals surface area contributed by atoms with E-state index in [1.807, 2.05) is 28.9 Å². The number of benzene rings is 1. The van der Waals surface area contributed by atoms with E-state index in [1.165, 1.54) is 12.8 Å². The summed E-state index contributed by atoms with van der Waals surface area (Å²) in [5.41, 5.74) is 8.66. The molecule has 1 fully saturated rings. The normalized spacial score (nSPS) is 18.0. The molecule has 2 heterocycles. The average Bonchev–Trinajstić information content (AvgIpc) is 3.19. The quantitative estimate of drug-likeness (QED) is 0.849. The second-order valence-corrected chi connectivity index (χ2v) is 5.83. The highest BCUT2D eigenvalue weighted by Gasteiger charge is 2.32. The van der Waals surface area contributed by atoms with Crippen LogP contribution in [0.25, 0.3) is 0 Å². The summed E-state index contributed by atoms with van der Waals surface area (Å²) >= 11 is 1.69. The van der Waals surface area contributed by atoms with Gasteiger partial charge in [-0.25, -0.2) is 0 Å². The van der Waals surface area contributed by atoms with Gasteiger partial charge in [-0.15, -0.1) is 10.2 Å². The predicted octanol–water partition coefficient (Wildman–Crippen LogP) is 2.10. The molecular weight excluding hydrogens is 258 g/mol. The number of thioether (sulfide) groups is 1. The van der Waals surface area contributed by atoms with Crippen LogP contribution in [0.3, 0.4) is 0 Å². The van der Waals surface area contributed by atoms with Gasteiger partial charge >= 0.3 is 0 Å². The molecule has 4 rings (SSSR count). The number of anilines is 1. The monoisotopic (exact) mass is 271 g/mol. The van der Waals surface area contributed by atoms with Crippen molar-refractivity contribution in [2.75, 3.05) is 11.5 Å². The van der Waals surface area contributed by atoms with Crippen LogP contribution in [0.2, 0.25) is 0 Å². The van der Waals surface area contributed by atoms with Gasteiger partial charge in [0, 0.05) is 17.4 Å². The number of fused-ring (bicyclic) bond motifs is 1. The number of hydrogen-bond acceptors (Lipinski definition) is 5. The first kappa shape index (κ1) is 11.0. The Morgan fingerprint density at radius 3 is 2.68 bits per heavy atom. The molecule has 96 valence electrons. The van der Waals surface area contributed by atoms with Crippen molar-refractivity contribution in [3.8, 4) is 0 Å². The second kappa shape index (κ2) is 4.09. The van der Waals surface area contributed by atoms with Gasteiger partial charge in [-0.1, -0.05) is 23.9 Å². The smallest absolute Gasteiger partial charge is 0.212 e. The van der Waals surface area contributed by atoms with E-state index in [1.54, 1.807) is 11.8 Å². The molecule has 1 aliphatic heterocycles. The fourth-order valence-corrected chi connectivity index (χ4v) is 3.00. The standard InChI is InChI=1S/C13H13N5S/c14-10-5-3-8(4-6-10)11-7-19-13-16-15-12(9-1-2-9)18(13)17-11/h3-6,9H,1-2,7,14H2. The fraction of sp³-hybridized carbons (Fsp3) is 0.308. The molecule has 2 N–H and O–H groups in total. The Hall–Kier alpha value is -1.82. The Morgan fingerprint density at radius 1 is 1.16 bits per heavy atom. The highest BCUT2D eigenvalue weighted by Crippen LogP contribution is 2.40. The highest BCUT2D eigenvalue weighted by atomic mass is 32.2. The van der Waals surface area contributed by atoms with Gasteiger partial charge in [0.25, 0.3) is 0 Å². The van der Waals surface area contributed by atoms with Crippen molar-refractivity contribution < 1.29 is 0 Å². The van der Waals surface area contributed by atoms with Crippen LogP contribution in [0.5, 0.6) is 0 Å². The van der Waals surface area contributed by atoms with Crippen molar-refractivity contribution in [1.82, 2.24) is 14.9 Å². The first-order chi connectivity index (χ1) is 9.31. The zero-order chi connectivity index (χ0) is 12.8. The lowest BCUT2D eigenvalue weighted by atomic mass is 10.1. The third kappa shape index (κ3) is 1.92. The summed E-state index contributed by atoms with van der Waals surface area (Å²) in [6.07, 6.45) is 2.41. The minimum atomic E-state index is 0.552. The lowest BCUT2D eigenvalue weighted by Crippen LogP contribution is -2.14. The lowest BCUT2D eigenvalue weighted by Gasteiger charge is -2.13. The molecule has 1 aromatic carbocycles. The Morgan fingerprint density at radius 2 is 1.95 bits per heavy atom. The van der Waals surface area contributed by atoms with Crippen molar-refractivity contribution in [2.45, 2.75) is 23.9 Å². The molecule has 1 saturated carbocycles. The van der Waals surface area contributed by atoms with Crippen LogP contribution < -0.4 is 5.73 Å². The molecule has 0 atom stereocenters. The van der Waals surface area contributed by atoms with Gasteiger partial charge in [0.2, 0.25) is 5.16 Å². The molecule has 2 aromatic rings. The van der Waals surface area contributed by atoms with Gasteiger partial charge in [0.1, 0.15) is 0 Å². The summed E-state index contributed by atoms with van der Waals surface area (Å²) in [6, 6.07) is 7.85. The van der Waals surface area contributed by atoms with E-state index in [0.29, 0.717) is 5.92 Å². The number of nitrogen functional groups attached to an aromatic ring is 1. The summed E-state index contributed by atoms with van der Waals surface area (Å²) in [4.78, 5) is 0. The van der Waals surface area contributed by atoms with Gasteiger partial charge in [0.05, 0.1) is 5.71 Å². The third-order valence-electron chi connectivity index (χ3n) is 3.38. The Kier molecular flexibility index (Phi) is 2.38. The van der Waals surface area contributed by atoms with E-state index in [0.717, 1.165) is 33.7 Å². The molecule has 5 nitrogen and oxygen atoms in total. The molecular formula is C13H13N5S. The molecule has 6 heteroatoms. The predicted molar refractivity (Wildman–Crippen MR) is 75.5 cm³/mol. The Labute approximate surface area is 114 Å². The summed E-state index contributed by atoms with van der Waals surface area (Å²) in [5, 5.41) is 14.1. The van der Waals surface area contributed by atoms with Gasteiger partial charge < -0.3 is 5.73 Å². The molecule has 2 aliphatic rings. The zero-order valence-electron chi connectivity index (χ0n) is 10.3. The number of rotatable bonds is 2. The van der Waals surface area contributed by atoms with Gasteiger partial charge in [-0.3, -0.25) is 0 Å². The molecule has 0 unspecified atom stereocenters. The number of nitrogens with zero attached hydrogens (tertiary/aromatic N) is 4. The van der Waals surface area contributed by atoms with Crippen LogP contribution in [0.15, 0.2) is 34.5 Å². The average molecular weight is 271 g/mol. The first-order valence-electron chi connectivity index (χ1n) is 6.33. The molecule has 1 aromatic heterocycles. The minimum Gasteiger partial charge on any atom is -0.399 e. The van der Waals surface area contributed by atoms with E-state index in [-0.39, 0.29) is 0 Å². The number of nitrogens with two attached hydrogens (primary N) is 1. The Balaban J connectivity index is 1.75. The molecule has 0 radical (unpaired) electrons. The van der Waals surface area contributed by atoms with Crippen LogP contribution in [-0.4, -0.2) is 26.3 Å². The second-order valence-electron chi connectivity index (χ2n) is 4.88. The van der Waals surface area contributed by atoms with Gasteiger partial charge in [-0.05, 0) is 30.5 Å². The maximum atomic E-state index is 5.72. The van der Waals surface area contributed by atoms with E-state index >= 15 is 0 Å². The SMILES string of the molecule is Nc1ccc(C2=Nn3c(nnc3C3CC3)SC2)cc1. The highest BCUT2D eigenvalue weighted by molar-refractivity contribution is 7.99. The molecule has 0 bridgehead atoms. The maximum absolute atomic E-state index is 5.72. The van der Waals surface area contributed by atoms with Gasteiger partial charge in [-0.2, -0.15) is 9.78 Å². The first-order valence-corrected chi connectivity index (χ1v) is 7.32. The maximum Gasteiger partial charge on any atom is 0.212 e. The van der Waals surface area contributed by atoms with Crippen molar-refractivity contribution in [1.29, 1.82) is 0 Å². The van der Waals surface area contributed by atoms with E-state index in [2.05, 4.69) is 10.2 Å². The summed E-state index contributed by atoms with van der Waals surface area (Å²) in [6.45, 7) is 0. The van der Waals surface area contributed by atoms with Crippen LogP contribution in [0.1, 0.15) is 30.1 Å². The van der Waals surface area contributed by atoms with E-state index < -0.39 is 0 Å². The molecule has 0 spiro atoms. The third-order valence-corrected chi connectivity index (χ3v) is 4.31. The largest absolute Gasteiger partial charge is 0.399 e. The van der Waals surface area contributed by atoms with Gasteiger partial charge in [0.15, 0.2) is 5.82 Å². The zero-order valence-corrected chi connectivity index (χ0v) is 11.1. The summed E-state index contributed by atoms with van der Waals surface area (Å²) in [7, 11) is 0. The van der Waals surface area contributed by atoms with E-state index in [9.17, 15) is 0 Å². The minimum absolute atomic E-state index is 0.552. The summed E-state index contributed by atoms with van der Waals surface area (Å²) < 4.78 is 1.91. The van der Waals surface area contributed by atoms with Crippen molar-refractivity contribution in [3.05, 3.63) is 35.7 Å². The number of aromatic nitrogens is 3. The van der Waals surface area contributed by atoms with Crippen LogP contribution in [0.4, 0.5) is 5.69 Å². The summed E-state index contributed by atoms with van der Waals surface area (Å²) in [5.74, 6) is 2.39. The van der Waals surface area contributed by atoms with Crippen molar-refractivity contribution in [3.63, 3.8) is 0 Å². The van der Waals surface area contributed by atoms with Crippen molar-refractivity contribution in [2.24, 2.45) is 5.10 Å². The molecule has 1 aliphatic carbocycles. The van der Waals surface area contributed by atoms with Crippen LogP contribution in [-0.2, 0) is 0 Å². The van der Waals surface area contributed by atoms with Crippen LogP contribution in [0, 0.1) is 0 Å². The Bertz CT molecular complexity index is 654. The fourth-order valence-electron chi connectivity index (χ4n) is 2.16. The van der Waals surface area contributed by atoms with Crippen molar-refractivity contribution >= 4 is 23.2 Å². The lowest BCUT2D eigenvalue weighted by molar-refractivity contribution is 0.709. The molecule has 0 saturated heterocycles. The van der Waals surface area contributed by atoms with E-state index in [4.69, 9.17) is 10.8 Å². The molecule has 19 heavy (non-hydrogen) atoms.